The zero-order valence-electron chi connectivity index (χ0n) is 21.2. The third-order valence-electron chi connectivity index (χ3n) is 6.64. The maximum Gasteiger partial charge on any atom is 0.225 e. The Morgan fingerprint density at radius 1 is 1.17 bits per heavy atom. The van der Waals surface area contributed by atoms with Crippen molar-refractivity contribution >= 4 is 35.5 Å². The van der Waals surface area contributed by atoms with E-state index in [-0.39, 0.29) is 5.54 Å². The highest BCUT2D eigenvalue weighted by atomic mass is 32.2. The standard InChI is InChI=1S/C26H35FN6S2/c1-18-9-11-21(12-10-18)35-31-30-24(23-19(2)7-6-8-22(23)34-5)33-14-13-32(17-26(33,3)4)25-28-15-20(27)16-29-25/h6-9,11,15-16,18,21,31H,10,12-14,17H2,1-5H3/b30-24+. The smallest absolute Gasteiger partial charge is 0.225 e. The Morgan fingerprint density at radius 2 is 1.94 bits per heavy atom. The number of benzene rings is 1. The van der Waals surface area contributed by atoms with Crippen molar-refractivity contribution in [2.24, 2.45) is 11.0 Å². The Labute approximate surface area is 217 Å². The van der Waals surface area contributed by atoms with Crippen LogP contribution in [-0.4, -0.2) is 57.4 Å². The third kappa shape index (κ3) is 6.12. The molecule has 0 spiro atoms. The highest BCUT2D eigenvalue weighted by molar-refractivity contribution is 7.98. The van der Waals surface area contributed by atoms with Gasteiger partial charge in [-0.25, -0.2) is 19.2 Å². The first-order chi connectivity index (χ1) is 16.8. The van der Waals surface area contributed by atoms with Gasteiger partial charge in [-0.05, 0) is 69.4 Å². The Morgan fingerprint density at radius 3 is 2.60 bits per heavy atom. The molecule has 9 heteroatoms. The normalized spacial score (nSPS) is 22.4. The first kappa shape index (κ1) is 25.8. The number of anilines is 1. The molecule has 35 heavy (non-hydrogen) atoms. The zero-order valence-corrected chi connectivity index (χ0v) is 22.8. The second-order valence-corrected chi connectivity index (χ2v) is 11.7. The lowest BCUT2D eigenvalue weighted by atomic mass is 9.96. The number of halogens is 1. The highest BCUT2D eigenvalue weighted by Gasteiger charge is 2.38. The molecule has 1 aliphatic carbocycles. The molecule has 1 N–H and O–H groups in total. The van der Waals surface area contributed by atoms with Gasteiger partial charge in [-0.3, -0.25) is 0 Å². The number of rotatable bonds is 6. The van der Waals surface area contributed by atoms with E-state index in [1.807, 2.05) is 0 Å². The monoisotopic (exact) mass is 514 g/mol. The molecule has 4 rings (SSSR count). The van der Waals surface area contributed by atoms with Crippen LogP contribution in [-0.2, 0) is 0 Å². The summed E-state index contributed by atoms with van der Waals surface area (Å²) >= 11 is 3.42. The number of amidine groups is 1. The zero-order chi connectivity index (χ0) is 25.0. The maximum absolute atomic E-state index is 13.4. The van der Waals surface area contributed by atoms with Crippen molar-refractivity contribution in [3.63, 3.8) is 0 Å². The molecule has 2 aromatic rings. The van der Waals surface area contributed by atoms with Crippen LogP contribution < -0.4 is 9.73 Å². The van der Waals surface area contributed by atoms with Gasteiger partial charge in [0.15, 0.2) is 11.7 Å². The largest absolute Gasteiger partial charge is 0.346 e. The summed E-state index contributed by atoms with van der Waals surface area (Å²) in [5, 5.41) is 5.44. The van der Waals surface area contributed by atoms with Gasteiger partial charge in [0, 0.05) is 35.3 Å². The molecule has 1 aliphatic heterocycles. The van der Waals surface area contributed by atoms with E-state index in [2.05, 4.69) is 88.9 Å². The van der Waals surface area contributed by atoms with Crippen LogP contribution in [0.1, 0.15) is 44.7 Å². The van der Waals surface area contributed by atoms with Crippen molar-refractivity contribution in [3.05, 3.63) is 59.7 Å². The molecular weight excluding hydrogens is 479 g/mol. The van der Waals surface area contributed by atoms with E-state index in [1.165, 1.54) is 34.8 Å². The van der Waals surface area contributed by atoms with Gasteiger partial charge in [0.2, 0.25) is 5.95 Å². The van der Waals surface area contributed by atoms with E-state index in [1.54, 1.807) is 23.7 Å². The van der Waals surface area contributed by atoms with Crippen LogP contribution in [0, 0.1) is 18.7 Å². The van der Waals surface area contributed by atoms with Crippen molar-refractivity contribution in [3.8, 4) is 0 Å². The van der Waals surface area contributed by atoms with Gasteiger partial charge < -0.3 is 9.80 Å². The maximum atomic E-state index is 13.4. The summed E-state index contributed by atoms with van der Waals surface area (Å²) < 4.78 is 13.4. The summed E-state index contributed by atoms with van der Waals surface area (Å²) in [6.45, 7) is 11.0. The molecule has 1 saturated heterocycles. The molecule has 2 atom stereocenters. The Balaban J connectivity index is 1.62. The summed E-state index contributed by atoms with van der Waals surface area (Å²) in [7, 11) is 0. The van der Waals surface area contributed by atoms with Crippen LogP contribution in [0.5, 0.6) is 0 Å². The molecule has 6 nitrogen and oxygen atoms in total. The third-order valence-corrected chi connectivity index (χ3v) is 8.31. The van der Waals surface area contributed by atoms with Crippen LogP contribution in [0.25, 0.3) is 0 Å². The number of nitrogens with zero attached hydrogens (tertiary/aromatic N) is 5. The SMILES string of the molecule is CSc1cccc(C)c1/C(=N\NSC1C=CC(C)CC1)N1CCN(c2ncc(F)cn2)CC1(C)C. The predicted molar refractivity (Wildman–Crippen MR) is 147 cm³/mol. The van der Waals surface area contributed by atoms with Gasteiger partial charge in [0.25, 0.3) is 0 Å². The van der Waals surface area contributed by atoms with E-state index in [0.717, 1.165) is 25.3 Å². The minimum absolute atomic E-state index is 0.251. The number of piperazine rings is 1. The molecule has 1 fully saturated rings. The highest BCUT2D eigenvalue weighted by Crippen LogP contribution is 2.31. The summed E-state index contributed by atoms with van der Waals surface area (Å²) in [6, 6.07) is 6.42. The van der Waals surface area contributed by atoms with Crippen LogP contribution in [0.4, 0.5) is 10.3 Å². The first-order valence-electron chi connectivity index (χ1n) is 12.1. The number of hydrogen-bond donors (Lipinski definition) is 1. The first-order valence-corrected chi connectivity index (χ1v) is 14.2. The number of hydrogen-bond acceptors (Lipinski definition) is 7. The summed E-state index contributed by atoms with van der Waals surface area (Å²) in [6.07, 6.45) is 11.5. The van der Waals surface area contributed by atoms with Crippen molar-refractivity contribution in [2.45, 2.75) is 56.2 Å². The minimum atomic E-state index is -0.420. The van der Waals surface area contributed by atoms with E-state index < -0.39 is 5.82 Å². The van der Waals surface area contributed by atoms with Crippen molar-refractivity contribution in [1.82, 2.24) is 19.7 Å². The van der Waals surface area contributed by atoms with Crippen LogP contribution in [0.3, 0.4) is 0 Å². The molecule has 0 radical (unpaired) electrons. The molecule has 1 aromatic heterocycles. The fourth-order valence-corrected chi connectivity index (χ4v) is 6.07. The second-order valence-electron chi connectivity index (χ2n) is 9.86. The van der Waals surface area contributed by atoms with Crippen LogP contribution in [0.15, 0.2) is 52.7 Å². The van der Waals surface area contributed by atoms with E-state index in [0.29, 0.717) is 23.7 Å². The number of aromatic nitrogens is 2. The van der Waals surface area contributed by atoms with Crippen molar-refractivity contribution in [1.29, 1.82) is 0 Å². The lowest BCUT2D eigenvalue weighted by molar-refractivity contribution is 0.190. The van der Waals surface area contributed by atoms with Gasteiger partial charge in [0.05, 0.1) is 17.9 Å². The van der Waals surface area contributed by atoms with E-state index >= 15 is 0 Å². The average Bonchev–Trinajstić information content (AvgIpc) is 2.83. The summed E-state index contributed by atoms with van der Waals surface area (Å²) in [5.74, 6) is 1.75. The number of aryl methyl sites for hydroxylation is 1. The molecule has 188 valence electrons. The number of nitrogens with one attached hydrogen (secondary N) is 1. The number of allylic oxidation sites excluding steroid dienone is 1. The van der Waals surface area contributed by atoms with Crippen molar-refractivity contribution < 1.29 is 4.39 Å². The Hall–Kier alpha value is -2.26. The molecule has 2 heterocycles. The number of thioether (sulfide) groups is 1. The van der Waals surface area contributed by atoms with Gasteiger partial charge in [0.1, 0.15) is 0 Å². The van der Waals surface area contributed by atoms with E-state index in [4.69, 9.17) is 5.10 Å². The molecule has 1 aromatic carbocycles. The minimum Gasteiger partial charge on any atom is -0.346 e. The van der Waals surface area contributed by atoms with E-state index in [9.17, 15) is 4.39 Å². The van der Waals surface area contributed by atoms with Crippen LogP contribution >= 0.6 is 23.7 Å². The topological polar surface area (TPSA) is 56.7 Å². The molecule has 2 unspecified atom stereocenters. The fraction of sp³-hybridized carbons (Fsp3) is 0.500. The van der Waals surface area contributed by atoms with Gasteiger partial charge in [-0.1, -0.05) is 31.2 Å². The molecule has 2 aliphatic rings. The molecular formula is C26H35FN6S2. The average molecular weight is 515 g/mol. The van der Waals surface area contributed by atoms with Gasteiger partial charge >= 0.3 is 0 Å². The van der Waals surface area contributed by atoms with Crippen molar-refractivity contribution in [2.75, 3.05) is 30.8 Å². The Bertz CT molecular complexity index is 1070. The molecule has 0 bridgehead atoms. The number of hydrazone groups is 1. The van der Waals surface area contributed by atoms with Crippen LogP contribution in [0.2, 0.25) is 0 Å². The second kappa shape index (κ2) is 11.2. The lowest BCUT2D eigenvalue weighted by Crippen LogP contribution is -2.62. The van der Waals surface area contributed by atoms with Gasteiger partial charge in [-0.15, -0.1) is 11.8 Å². The fourth-order valence-electron chi connectivity index (χ4n) is 4.70. The lowest BCUT2D eigenvalue weighted by Gasteiger charge is -2.48. The molecule has 0 amide bonds. The predicted octanol–water partition coefficient (Wildman–Crippen LogP) is 5.50. The Kier molecular flexibility index (Phi) is 8.27. The summed E-state index contributed by atoms with van der Waals surface area (Å²) in [4.78, 5) is 17.5. The summed E-state index contributed by atoms with van der Waals surface area (Å²) in [5.41, 5.74) is 2.12. The van der Waals surface area contributed by atoms with Gasteiger partial charge in [-0.2, -0.15) is 5.10 Å². The quantitative estimate of drug-likeness (QED) is 0.136. The molecule has 0 saturated carbocycles.